The molecule has 2 aromatic carbocycles. The highest BCUT2D eigenvalue weighted by Gasteiger charge is 2.17. The Morgan fingerprint density at radius 2 is 1.68 bits per heavy atom. The number of nitrogens with one attached hydrogen (secondary N) is 2. The van der Waals surface area contributed by atoms with Gasteiger partial charge in [0.1, 0.15) is 5.02 Å². The van der Waals surface area contributed by atoms with E-state index in [9.17, 15) is 29.3 Å². The molecular weight excluding hydrogens is 430 g/mol. The number of rotatable bonds is 9. The van der Waals surface area contributed by atoms with Gasteiger partial charge in [-0.15, -0.1) is 0 Å². The first-order valence-corrected chi connectivity index (χ1v) is 9.42. The number of halogens is 1. The monoisotopic (exact) mass is 447 g/mol. The largest absolute Gasteiger partial charge is 0.457 e. The molecule has 2 amide bonds. The SMILES string of the molecule is O=C(CCCC(=O)OCC(=O)c1ccc(Cl)c([N+](=O)[O-])c1)NNC(=O)c1ccccc1. The summed E-state index contributed by atoms with van der Waals surface area (Å²) in [6, 6.07) is 11.8. The van der Waals surface area contributed by atoms with Crippen molar-refractivity contribution in [1.29, 1.82) is 0 Å². The number of hydrogen-bond acceptors (Lipinski definition) is 7. The molecule has 10 nitrogen and oxygen atoms in total. The summed E-state index contributed by atoms with van der Waals surface area (Å²) in [6.07, 6.45) is -0.0535. The number of nitrogens with zero attached hydrogens (tertiary/aromatic N) is 1. The van der Waals surface area contributed by atoms with Crippen LogP contribution in [0.2, 0.25) is 5.02 Å². The number of ketones is 1. The van der Waals surface area contributed by atoms with Gasteiger partial charge in [-0.25, -0.2) is 0 Å². The molecule has 0 bridgehead atoms. The van der Waals surface area contributed by atoms with Crippen LogP contribution in [-0.2, 0) is 14.3 Å². The number of hydrogen-bond donors (Lipinski definition) is 2. The molecule has 0 unspecified atom stereocenters. The number of carbonyl (C=O) groups excluding carboxylic acids is 4. The van der Waals surface area contributed by atoms with Gasteiger partial charge in [-0.2, -0.15) is 0 Å². The van der Waals surface area contributed by atoms with E-state index in [4.69, 9.17) is 16.3 Å². The van der Waals surface area contributed by atoms with Gasteiger partial charge < -0.3 is 4.74 Å². The van der Waals surface area contributed by atoms with Gasteiger partial charge in [0.2, 0.25) is 11.7 Å². The van der Waals surface area contributed by atoms with Gasteiger partial charge in [-0.1, -0.05) is 29.8 Å². The van der Waals surface area contributed by atoms with Crippen LogP contribution in [0.25, 0.3) is 0 Å². The Balaban J connectivity index is 1.68. The van der Waals surface area contributed by atoms with Gasteiger partial charge in [0.25, 0.3) is 11.6 Å². The van der Waals surface area contributed by atoms with Crippen molar-refractivity contribution in [3.8, 4) is 0 Å². The minimum atomic E-state index is -0.724. The van der Waals surface area contributed by atoms with Crippen LogP contribution in [0, 0.1) is 10.1 Å². The lowest BCUT2D eigenvalue weighted by Gasteiger charge is -2.07. The van der Waals surface area contributed by atoms with Crippen molar-refractivity contribution in [2.75, 3.05) is 6.61 Å². The number of hydrazine groups is 1. The van der Waals surface area contributed by atoms with E-state index >= 15 is 0 Å². The second kappa shape index (κ2) is 11.4. The number of ether oxygens (including phenoxy) is 1. The van der Waals surface area contributed by atoms with Gasteiger partial charge in [0.15, 0.2) is 6.61 Å². The zero-order valence-corrected chi connectivity index (χ0v) is 16.9. The highest BCUT2D eigenvalue weighted by Crippen LogP contribution is 2.25. The first kappa shape index (κ1) is 23.5. The molecule has 0 saturated carbocycles. The zero-order chi connectivity index (χ0) is 22.8. The number of esters is 1. The van der Waals surface area contributed by atoms with Crippen LogP contribution in [0.15, 0.2) is 48.5 Å². The minimum Gasteiger partial charge on any atom is -0.457 e. The Morgan fingerprint density at radius 3 is 2.35 bits per heavy atom. The molecule has 162 valence electrons. The van der Waals surface area contributed by atoms with Crippen LogP contribution >= 0.6 is 11.6 Å². The fraction of sp³-hybridized carbons (Fsp3) is 0.200. The van der Waals surface area contributed by atoms with E-state index in [1.807, 2.05) is 0 Å². The number of carbonyl (C=O) groups is 4. The number of nitro groups is 1. The van der Waals surface area contributed by atoms with Crippen molar-refractivity contribution < 1.29 is 28.8 Å². The summed E-state index contributed by atoms with van der Waals surface area (Å²) in [5, 5.41) is 10.7. The molecule has 31 heavy (non-hydrogen) atoms. The Bertz CT molecular complexity index is 996. The molecule has 0 aliphatic rings. The van der Waals surface area contributed by atoms with Gasteiger partial charge >= 0.3 is 5.97 Å². The lowest BCUT2D eigenvalue weighted by molar-refractivity contribution is -0.384. The second-order valence-corrected chi connectivity index (χ2v) is 6.64. The van der Waals surface area contributed by atoms with Crippen molar-refractivity contribution >= 4 is 40.9 Å². The van der Waals surface area contributed by atoms with E-state index < -0.39 is 40.8 Å². The number of amides is 2. The van der Waals surface area contributed by atoms with Crippen LogP contribution < -0.4 is 10.9 Å². The summed E-state index contributed by atoms with van der Waals surface area (Å²) >= 11 is 5.68. The first-order chi connectivity index (χ1) is 14.8. The van der Waals surface area contributed by atoms with E-state index in [0.717, 1.165) is 6.07 Å². The molecule has 0 aliphatic carbocycles. The topological polar surface area (TPSA) is 145 Å². The number of Topliss-reactive ketones (excluding diaryl/α,β-unsaturated/α-hetero) is 1. The predicted octanol–water partition coefficient (Wildman–Crippen LogP) is 2.61. The van der Waals surface area contributed by atoms with Crippen LogP contribution in [0.5, 0.6) is 0 Å². The predicted molar refractivity (Wildman–Crippen MR) is 109 cm³/mol. The molecule has 2 rings (SSSR count). The quantitative estimate of drug-likeness (QED) is 0.260. The molecule has 0 radical (unpaired) electrons. The third-order valence-corrected chi connectivity index (χ3v) is 4.28. The van der Waals surface area contributed by atoms with Crippen molar-refractivity contribution in [2.24, 2.45) is 0 Å². The van der Waals surface area contributed by atoms with E-state index in [1.165, 1.54) is 12.1 Å². The zero-order valence-electron chi connectivity index (χ0n) is 16.1. The smallest absolute Gasteiger partial charge is 0.306 e. The number of nitro benzene ring substituents is 1. The highest BCUT2D eigenvalue weighted by atomic mass is 35.5. The maximum absolute atomic E-state index is 12.0. The molecule has 2 N–H and O–H groups in total. The minimum absolute atomic E-state index is 0.0163. The van der Waals surface area contributed by atoms with E-state index in [-0.39, 0.29) is 29.8 Å². The third kappa shape index (κ3) is 7.52. The average Bonchev–Trinajstić information content (AvgIpc) is 2.76. The second-order valence-electron chi connectivity index (χ2n) is 6.23. The molecular formula is C20H18ClN3O7. The summed E-state index contributed by atoms with van der Waals surface area (Å²) in [5.41, 5.74) is 4.42. The summed E-state index contributed by atoms with van der Waals surface area (Å²) in [4.78, 5) is 57.4. The first-order valence-electron chi connectivity index (χ1n) is 9.05. The molecule has 0 atom stereocenters. The van der Waals surface area contributed by atoms with Crippen molar-refractivity contribution in [2.45, 2.75) is 19.3 Å². The molecule has 0 aromatic heterocycles. The molecule has 0 heterocycles. The van der Waals surface area contributed by atoms with Crippen molar-refractivity contribution in [3.63, 3.8) is 0 Å². The fourth-order valence-corrected chi connectivity index (χ4v) is 2.56. The lowest BCUT2D eigenvalue weighted by Crippen LogP contribution is -2.41. The molecule has 11 heteroatoms. The van der Waals surface area contributed by atoms with E-state index in [1.54, 1.807) is 30.3 Å². The van der Waals surface area contributed by atoms with E-state index in [0.29, 0.717) is 5.56 Å². The summed E-state index contributed by atoms with van der Waals surface area (Å²) in [6.45, 7) is -0.600. The Morgan fingerprint density at radius 1 is 0.968 bits per heavy atom. The van der Waals surface area contributed by atoms with Gasteiger partial charge in [0, 0.05) is 30.0 Å². The van der Waals surface area contributed by atoms with Gasteiger partial charge in [-0.05, 0) is 30.7 Å². The van der Waals surface area contributed by atoms with E-state index in [2.05, 4.69) is 10.9 Å². The lowest BCUT2D eigenvalue weighted by atomic mass is 10.1. The Hall–Kier alpha value is -3.79. The maximum Gasteiger partial charge on any atom is 0.306 e. The van der Waals surface area contributed by atoms with Gasteiger partial charge in [0.05, 0.1) is 4.92 Å². The average molecular weight is 448 g/mol. The third-order valence-electron chi connectivity index (χ3n) is 3.97. The molecule has 0 aliphatic heterocycles. The van der Waals surface area contributed by atoms with Gasteiger partial charge in [-0.3, -0.25) is 40.1 Å². The van der Waals surface area contributed by atoms with Crippen LogP contribution in [0.4, 0.5) is 5.69 Å². The van der Waals surface area contributed by atoms with Crippen molar-refractivity contribution in [3.05, 3.63) is 74.8 Å². The molecule has 0 spiro atoms. The summed E-state index contributed by atoms with van der Waals surface area (Å²) in [5.74, 6) is -2.32. The molecule has 2 aromatic rings. The van der Waals surface area contributed by atoms with Crippen LogP contribution in [0.3, 0.4) is 0 Å². The maximum atomic E-state index is 12.0. The Labute approximate surface area is 181 Å². The standard InChI is InChI=1S/C20H18ClN3O7/c21-15-10-9-14(11-16(15)24(29)30)17(25)12-31-19(27)8-4-7-18(26)22-23-20(28)13-5-2-1-3-6-13/h1-3,5-6,9-11H,4,7-8,12H2,(H,22,26)(H,23,28). The summed E-state index contributed by atoms with van der Waals surface area (Å²) in [7, 11) is 0. The summed E-state index contributed by atoms with van der Waals surface area (Å²) < 4.78 is 4.83. The normalized spacial score (nSPS) is 10.1. The molecule has 0 fully saturated rings. The van der Waals surface area contributed by atoms with Crippen LogP contribution in [0.1, 0.15) is 40.0 Å². The Kier molecular flexibility index (Phi) is 8.64. The highest BCUT2D eigenvalue weighted by molar-refractivity contribution is 6.32. The molecule has 0 saturated heterocycles. The number of benzene rings is 2. The van der Waals surface area contributed by atoms with Crippen molar-refractivity contribution in [1.82, 2.24) is 10.9 Å². The van der Waals surface area contributed by atoms with Crippen LogP contribution in [-0.4, -0.2) is 35.1 Å². The fourth-order valence-electron chi connectivity index (χ4n) is 2.37.